The first-order chi connectivity index (χ1) is 19.8. The molecule has 4 aromatic carbocycles. The van der Waals surface area contributed by atoms with Crippen molar-refractivity contribution in [3.8, 4) is 11.5 Å². The smallest absolute Gasteiger partial charge is 0.335 e. The maximum absolute atomic E-state index is 13.4. The minimum absolute atomic E-state index is 0.168. The van der Waals surface area contributed by atoms with Crippen LogP contribution in [0.2, 0.25) is 0 Å². The Morgan fingerprint density at radius 3 is 2.41 bits per heavy atom. The number of imide groups is 2. The lowest BCUT2D eigenvalue weighted by molar-refractivity contribution is -0.122. The molecule has 0 unspecified atom stereocenters. The third-order valence-corrected chi connectivity index (χ3v) is 7.57. The monoisotopic (exact) mass is 612 g/mol. The van der Waals surface area contributed by atoms with Crippen LogP contribution in [0.25, 0.3) is 16.8 Å². The fourth-order valence-electron chi connectivity index (χ4n) is 4.79. The summed E-state index contributed by atoms with van der Waals surface area (Å²) >= 11 is 3.59. The zero-order valence-electron chi connectivity index (χ0n) is 23.0. The molecule has 1 fully saturated rings. The molecule has 1 saturated heterocycles. The Bertz CT molecular complexity index is 1690. The molecule has 5 rings (SSSR count). The highest BCUT2D eigenvalue weighted by atomic mass is 79.9. The van der Waals surface area contributed by atoms with Gasteiger partial charge in [-0.15, -0.1) is 0 Å². The fraction of sp³-hybridized carbons (Fsp3) is 0.182. The van der Waals surface area contributed by atoms with E-state index in [1.807, 2.05) is 38.1 Å². The number of urea groups is 1. The van der Waals surface area contributed by atoms with Crippen molar-refractivity contribution >= 4 is 56.3 Å². The number of nitrogens with one attached hydrogen (secondary N) is 1. The largest absolute Gasteiger partial charge is 0.490 e. The molecule has 0 bridgehead atoms. The number of hydrogen-bond donors (Lipinski definition) is 1. The Hall–Kier alpha value is -4.43. The summed E-state index contributed by atoms with van der Waals surface area (Å²) in [6.07, 6.45) is 2.27. The predicted molar refractivity (Wildman–Crippen MR) is 163 cm³/mol. The Kier molecular flexibility index (Phi) is 8.21. The molecule has 208 valence electrons. The summed E-state index contributed by atoms with van der Waals surface area (Å²) in [7, 11) is 0. The van der Waals surface area contributed by atoms with Crippen molar-refractivity contribution in [2.75, 3.05) is 11.5 Å². The second kappa shape index (κ2) is 12.0. The van der Waals surface area contributed by atoms with Gasteiger partial charge in [0.05, 0.1) is 16.8 Å². The van der Waals surface area contributed by atoms with Crippen molar-refractivity contribution in [1.29, 1.82) is 0 Å². The van der Waals surface area contributed by atoms with E-state index in [2.05, 4.69) is 52.4 Å². The summed E-state index contributed by atoms with van der Waals surface area (Å²) < 4.78 is 12.8. The van der Waals surface area contributed by atoms with Crippen LogP contribution in [-0.2, 0) is 22.6 Å². The number of hydrogen-bond acceptors (Lipinski definition) is 5. The average molecular weight is 614 g/mol. The van der Waals surface area contributed by atoms with Gasteiger partial charge in [-0.05, 0) is 94.0 Å². The second-order valence-corrected chi connectivity index (χ2v) is 10.5. The number of amides is 4. The maximum atomic E-state index is 13.4. The number of rotatable bonds is 8. The van der Waals surface area contributed by atoms with Crippen LogP contribution >= 0.6 is 15.9 Å². The van der Waals surface area contributed by atoms with Gasteiger partial charge in [0.2, 0.25) is 0 Å². The maximum Gasteiger partial charge on any atom is 0.335 e. The number of carbonyl (C=O) groups excluding carboxylic acids is 3. The van der Waals surface area contributed by atoms with Gasteiger partial charge < -0.3 is 9.47 Å². The third kappa shape index (κ3) is 5.74. The number of aryl methyl sites for hydroxylation is 2. The van der Waals surface area contributed by atoms with Crippen molar-refractivity contribution in [2.24, 2.45) is 0 Å². The van der Waals surface area contributed by atoms with Crippen LogP contribution < -0.4 is 19.7 Å². The molecule has 8 heteroatoms. The molecule has 0 aromatic heterocycles. The van der Waals surface area contributed by atoms with Crippen LogP contribution in [0.15, 0.2) is 82.8 Å². The van der Waals surface area contributed by atoms with Gasteiger partial charge in [-0.1, -0.05) is 55.5 Å². The number of nitrogens with zero attached hydrogens (tertiary/aromatic N) is 1. The van der Waals surface area contributed by atoms with Crippen LogP contribution in [-0.4, -0.2) is 24.5 Å². The van der Waals surface area contributed by atoms with Crippen molar-refractivity contribution in [3.05, 3.63) is 105 Å². The van der Waals surface area contributed by atoms with Crippen LogP contribution in [0.1, 0.15) is 36.1 Å². The third-order valence-electron chi connectivity index (χ3n) is 6.98. The zero-order valence-corrected chi connectivity index (χ0v) is 24.6. The molecule has 1 aliphatic rings. The van der Waals surface area contributed by atoms with Crippen LogP contribution in [0.3, 0.4) is 0 Å². The molecule has 0 atom stereocenters. The standard InChI is InChI=1S/C33H29BrN2O5/c1-4-21-11-14-24(15-12-21)36-32(38)26(31(37)35-33(36)39)16-22-17-28(34)30(29(18-22)40-5-2)41-19-27-20(3)10-13-23-8-6-7-9-25(23)27/h6-18H,4-5,19H2,1-3H3,(H,35,37,39)/b26-16+. The second-order valence-electron chi connectivity index (χ2n) is 9.61. The van der Waals surface area contributed by atoms with Gasteiger partial charge in [-0.2, -0.15) is 0 Å². The van der Waals surface area contributed by atoms with E-state index in [0.29, 0.717) is 40.4 Å². The average Bonchev–Trinajstić information content (AvgIpc) is 2.96. The highest BCUT2D eigenvalue weighted by Crippen LogP contribution is 2.39. The predicted octanol–water partition coefficient (Wildman–Crippen LogP) is 7.12. The molecule has 0 saturated carbocycles. The fourth-order valence-corrected chi connectivity index (χ4v) is 5.37. The highest BCUT2D eigenvalue weighted by molar-refractivity contribution is 9.10. The zero-order chi connectivity index (χ0) is 29.1. The quantitative estimate of drug-likeness (QED) is 0.169. The van der Waals surface area contributed by atoms with E-state index >= 15 is 0 Å². The normalized spacial score (nSPS) is 14.5. The van der Waals surface area contributed by atoms with Gasteiger partial charge in [-0.25, -0.2) is 9.69 Å². The van der Waals surface area contributed by atoms with Crippen LogP contribution in [0.5, 0.6) is 11.5 Å². The lowest BCUT2D eigenvalue weighted by atomic mass is 10.0. The molecule has 4 aromatic rings. The SMILES string of the molecule is CCOc1cc(/C=C2\C(=O)NC(=O)N(c3ccc(CC)cc3)C2=O)cc(Br)c1OCc1c(C)ccc2ccccc12. The molecular weight excluding hydrogens is 584 g/mol. The van der Waals surface area contributed by atoms with Gasteiger partial charge in [-0.3, -0.25) is 14.9 Å². The van der Waals surface area contributed by atoms with E-state index < -0.39 is 17.8 Å². The van der Waals surface area contributed by atoms with Gasteiger partial charge in [0.25, 0.3) is 11.8 Å². The summed E-state index contributed by atoms with van der Waals surface area (Å²) in [6.45, 7) is 6.63. The van der Waals surface area contributed by atoms with Gasteiger partial charge in [0.15, 0.2) is 11.5 Å². The van der Waals surface area contributed by atoms with E-state index in [1.165, 1.54) is 6.08 Å². The summed E-state index contributed by atoms with van der Waals surface area (Å²) in [5.74, 6) is -0.502. The molecule has 41 heavy (non-hydrogen) atoms. The van der Waals surface area contributed by atoms with E-state index in [0.717, 1.165) is 38.8 Å². The molecule has 0 spiro atoms. The number of halogens is 1. The van der Waals surface area contributed by atoms with Crippen molar-refractivity contribution in [2.45, 2.75) is 33.8 Å². The summed E-state index contributed by atoms with van der Waals surface area (Å²) in [5.41, 5.74) is 4.00. The minimum atomic E-state index is -0.787. The lowest BCUT2D eigenvalue weighted by Gasteiger charge is -2.26. The molecule has 0 radical (unpaired) electrons. The number of anilines is 1. The Morgan fingerprint density at radius 1 is 0.927 bits per heavy atom. The van der Waals surface area contributed by atoms with E-state index in [9.17, 15) is 14.4 Å². The van der Waals surface area contributed by atoms with Crippen molar-refractivity contribution < 1.29 is 23.9 Å². The lowest BCUT2D eigenvalue weighted by Crippen LogP contribution is -2.54. The van der Waals surface area contributed by atoms with E-state index in [4.69, 9.17) is 9.47 Å². The summed E-state index contributed by atoms with van der Waals surface area (Å²) in [6, 6.07) is 22.1. The number of fused-ring (bicyclic) bond motifs is 1. The molecule has 1 N–H and O–H groups in total. The molecule has 4 amide bonds. The van der Waals surface area contributed by atoms with Crippen molar-refractivity contribution in [1.82, 2.24) is 5.32 Å². The molecule has 1 aliphatic heterocycles. The van der Waals surface area contributed by atoms with E-state index in [1.54, 1.807) is 24.3 Å². The van der Waals surface area contributed by atoms with Crippen LogP contribution in [0.4, 0.5) is 10.5 Å². The first-order valence-electron chi connectivity index (χ1n) is 13.4. The number of barbiturate groups is 1. The Balaban J connectivity index is 1.46. The van der Waals surface area contributed by atoms with E-state index in [-0.39, 0.29) is 5.57 Å². The van der Waals surface area contributed by atoms with Crippen molar-refractivity contribution in [3.63, 3.8) is 0 Å². The summed E-state index contributed by atoms with van der Waals surface area (Å²) in [4.78, 5) is 39.7. The van der Waals surface area contributed by atoms with Gasteiger partial charge in [0.1, 0.15) is 12.2 Å². The molecular formula is C33H29BrN2O5. The molecule has 1 heterocycles. The van der Waals surface area contributed by atoms with Gasteiger partial charge >= 0.3 is 6.03 Å². The number of ether oxygens (including phenoxy) is 2. The summed E-state index contributed by atoms with van der Waals surface area (Å²) in [5, 5.41) is 4.52. The molecule has 7 nitrogen and oxygen atoms in total. The Morgan fingerprint density at radius 2 is 1.68 bits per heavy atom. The first kappa shape index (κ1) is 28.1. The minimum Gasteiger partial charge on any atom is -0.490 e. The Labute approximate surface area is 246 Å². The first-order valence-corrected chi connectivity index (χ1v) is 14.2. The topological polar surface area (TPSA) is 84.9 Å². The van der Waals surface area contributed by atoms with Gasteiger partial charge in [0, 0.05) is 5.56 Å². The van der Waals surface area contributed by atoms with Crippen LogP contribution in [0, 0.1) is 6.92 Å². The molecule has 0 aliphatic carbocycles. The highest BCUT2D eigenvalue weighted by Gasteiger charge is 2.36. The number of carbonyl (C=O) groups is 3. The number of benzene rings is 4.